The number of unbranched alkanes of at least 4 members (excludes halogenated alkanes) is 24. The minimum absolute atomic E-state index is 0.0975. The van der Waals surface area contributed by atoms with E-state index in [0.717, 1.165) is 122 Å². The van der Waals surface area contributed by atoms with Crippen LogP contribution in [0, 0.1) is 0 Å². The van der Waals surface area contributed by atoms with Gasteiger partial charge in [-0.2, -0.15) is 0 Å². The van der Waals surface area contributed by atoms with Gasteiger partial charge in [0.2, 0.25) is 0 Å². The number of ether oxygens (including phenoxy) is 3. The highest BCUT2D eigenvalue weighted by molar-refractivity contribution is 5.71. The predicted octanol–water partition coefficient (Wildman–Crippen LogP) is 22.2. The molecule has 0 aliphatic heterocycles. The highest BCUT2D eigenvalue weighted by Crippen LogP contribution is 2.16. The van der Waals surface area contributed by atoms with E-state index >= 15 is 0 Å². The first kappa shape index (κ1) is 73.5. The SMILES string of the molecule is CC/C=C\C/C=C\C/C=C\C/C=C\C/C=C\C/C=C\CCCCC(=O)OC(COC(=O)CCCCCCCCCCCCCC)COC(=O)CCCCCCCCCCCCC/C=C\C/C=C\C/C=C\C/C=C\C/C=C\CC. The molecule has 0 aliphatic carbocycles. The van der Waals surface area contributed by atoms with E-state index < -0.39 is 6.10 Å². The summed E-state index contributed by atoms with van der Waals surface area (Å²) < 4.78 is 16.9. The minimum atomic E-state index is -0.806. The summed E-state index contributed by atoms with van der Waals surface area (Å²) in [6.07, 6.45) is 91.7. The molecule has 0 aromatic carbocycles. The molecular weight excluding hydrogens is 961 g/mol. The zero-order valence-electron chi connectivity index (χ0n) is 50.6. The summed E-state index contributed by atoms with van der Waals surface area (Å²) in [5.74, 6) is -0.941. The van der Waals surface area contributed by atoms with Crippen molar-refractivity contribution in [1.82, 2.24) is 0 Å². The van der Waals surface area contributed by atoms with Crippen molar-refractivity contribution in [2.75, 3.05) is 13.2 Å². The molecule has 0 heterocycles. The summed E-state index contributed by atoms with van der Waals surface area (Å²) in [7, 11) is 0. The van der Waals surface area contributed by atoms with Crippen molar-refractivity contribution in [2.24, 2.45) is 0 Å². The molecule has 0 saturated heterocycles. The summed E-state index contributed by atoms with van der Waals surface area (Å²) in [5, 5.41) is 0. The van der Waals surface area contributed by atoms with E-state index in [1.54, 1.807) is 0 Å². The van der Waals surface area contributed by atoms with Crippen LogP contribution in [0.5, 0.6) is 0 Å². The number of rotatable bonds is 57. The molecule has 0 fully saturated rings. The third-order valence-electron chi connectivity index (χ3n) is 13.4. The zero-order valence-corrected chi connectivity index (χ0v) is 50.6. The van der Waals surface area contributed by atoms with Crippen molar-refractivity contribution in [2.45, 2.75) is 290 Å². The van der Waals surface area contributed by atoms with Gasteiger partial charge >= 0.3 is 17.9 Å². The van der Waals surface area contributed by atoms with Crippen LogP contribution in [0.1, 0.15) is 284 Å². The molecule has 0 saturated carbocycles. The quantitative estimate of drug-likeness (QED) is 0.0261. The van der Waals surface area contributed by atoms with Gasteiger partial charge < -0.3 is 14.2 Å². The molecule has 442 valence electrons. The first-order valence-electron chi connectivity index (χ1n) is 32.2. The highest BCUT2D eigenvalue weighted by atomic mass is 16.6. The summed E-state index contributed by atoms with van der Waals surface area (Å²) >= 11 is 0. The lowest BCUT2D eigenvalue weighted by Crippen LogP contribution is -2.30. The predicted molar refractivity (Wildman–Crippen MR) is 339 cm³/mol. The first-order valence-corrected chi connectivity index (χ1v) is 32.2. The van der Waals surface area contributed by atoms with Gasteiger partial charge in [0.25, 0.3) is 0 Å². The molecule has 0 bridgehead atoms. The Balaban J connectivity index is 4.38. The maximum atomic E-state index is 12.9. The summed E-state index contributed by atoms with van der Waals surface area (Å²) in [6.45, 7) is 6.38. The average Bonchev–Trinajstić information content (AvgIpc) is 3.44. The number of carbonyl (C=O) groups excluding carboxylic acids is 3. The fourth-order valence-electron chi connectivity index (χ4n) is 8.65. The van der Waals surface area contributed by atoms with Crippen molar-refractivity contribution < 1.29 is 28.6 Å². The Morgan fingerprint density at radius 2 is 0.500 bits per heavy atom. The van der Waals surface area contributed by atoms with Crippen LogP contribution >= 0.6 is 0 Å². The van der Waals surface area contributed by atoms with Crippen molar-refractivity contribution in [3.8, 4) is 0 Å². The molecule has 6 heteroatoms. The van der Waals surface area contributed by atoms with Crippen LogP contribution < -0.4 is 0 Å². The van der Waals surface area contributed by atoms with Gasteiger partial charge in [0.15, 0.2) is 6.10 Å². The molecule has 0 aliphatic rings. The molecule has 0 spiro atoms. The van der Waals surface area contributed by atoms with Crippen LogP contribution in [-0.2, 0) is 28.6 Å². The largest absolute Gasteiger partial charge is 0.462 e. The number of hydrogen-bond acceptors (Lipinski definition) is 6. The summed E-state index contributed by atoms with van der Waals surface area (Å²) in [6, 6.07) is 0. The van der Waals surface area contributed by atoms with E-state index in [1.165, 1.54) is 116 Å². The van der Waals surface area contributed by atoms with Crippen molar-refractivity contribution >= 4 is 17.9 Å². The maximum absolute atomic E-state index is 12.9. The van der Waals surface area contributed by atoms with Gasteiger partial charge in [-0.3, -0.25) is 14.4 Å². The highest BCUT2D eigenvalue weighted by Gasteiger charge is 2.19. The van der Waals surface area contributed by atoms with Crippen LogP contribution in [0.15, 0.2) is 134 Å². The van der Waals surface area contributed by atoms with E-state index in [-0.39, 0.29) is 37.5 Å². The van der Waals surface area contributed by atoms with Gasteiger partial charge in [0, 0.05) is 19.3 Å². The van der Waals surface area contributed by atoms with Crippen LogP contribution in [0.3, 0.4) is 0 Å². The van der Waals surface area contributed by atoms with E-state index in [9.17, 15) is 14.4 Å². The second kappa shape index (κ2) is 65.1. The molecule has 0 radical (unpaired) electrons. The molecule has 0 aromatic heterocycles. The smallest absolute Gasteiger partial charge is 0.306 e. The minimum Gasteiger partial charge on any atom is -0.462 e. The second-order valence-electron chi connectivity index (χ2n) is 20.9. The summed E-state index contributed by atoms with van der Waals surface area (Å²) in [5.41, 5.74) is 0. The Labute approximate surface area is 481 Å². The van der Waals surface area contributed by atoms with Gasteiger partial charge in [-0.05, 0) is 116 Å². The topological polar surface area (TPSA) is 78.9 Å². The Kier molecular flexibility index (Phi) is 61.4. The molecule has 0 amide bonds. The molecule has 0 aromatic rings. The Morgan fingerprint density at radius 3 is 0.808 bits per heavy atom. The Bertz CT molecular complexity index is 1670. The van der Waals surface area contributed by atoms with Gasteiger partial charge in [0.1, 0.15) is 13.2 Å². The third kappa shape index (κ3) is 62.4. The van der Waals surface area contributed by atoms with Crippen LogP contribution in [-0.4, -0.2) is 37.2 Å². The molecule has 78 heavy (non-hydrogen) atoms. The van der Waals surface area contributed by atoms with Gasteiger partial charge in [-0.1, -0.05) is 283 Å². The summed E-state index contributed by atoms with van der Waals surface area (Å²) in [4.78, 5) is 38.3. The van der Waals surface area contributed by atoms with Crippen molar-refractivity contribution in [3.05, 3.63) is 134 Å². The van der Waals surface area contributed by atoms with Crippen molar-refractivity contribution in [1.29, 1.82) is 0 Å². The molecule has 0 rings (SSSR count). The van der Waals surface area contributed by atoms with E-state index in [4.69, 9.17) is 14.2 Å². The van der Waals surface area contributed by atoms with Gasteiger partial charge in [0.05, 0.1) is 0 Å². The lowest BCUT2D eigenvalue weighted by atomic mass is 10.0. The van der Waals surface area contributed by atoms with Crippen LogP contribution in [0.4, 0.5) is 0 Å². The van der Waals surface area contributed by atoms with Gasteiger partial charge in [-0.15, -0.1) is 0 Å². The normalized spacial score (nSPS) is 13.0. The Morgan fingerprint density at radius 1 is 0.269 bits per heavy atom. The standard InChI is InChI=1S/C72H118O6/c1-4-7-10-13-16-19-22-25-27-29-31-33-34-35-36-37-38-40-41-43-45-47-50-53-56-59-62-65-71(74)77-68-69(67-76-70(73)64-61-58-55-52-49-24-21-18-15-12-9-6-3)78-72(75)66-63-60-57-54-51-48-46-44-42-39-32-30-28-26-23-20-17-14-11-8-5-2/h7-8,10-11,16-17,19-20,25-28,31-33,35-36,39,44,46,51,54,69H,4-6,9,12-15,18,21-24,29-30,34,37-38,40-43,45,47-50,52-53,55-68H2,1-3H3/b10-7-,11-8-,19-16-,20-17-,27-25-,28-26-,33-31-,36-35-,39-32-,46-44-,54-51-. The first-order chi connectivity index (χ1) is 38.5. The molecule has 1 atom stereocenters. The molecule has 6 nitrogen and oxygen atoms in total. The van der Waals surface area contributed by atoms with E-state index in [0.29, 0.717) is 19.3 Å². The molecule has 1 unspecified atom stereocenters. The lowest BCUT2D eigenvalue weighted by Gasteiger charge is -2.18. The Hall–Kier alpha value is -4.45. The molecule has 0 N–H and O–H groups in total. The fraction of sp³-hybridized carbons (Fsp3) is 0.653. The number of hydrogen-bond donors (Lipinski definition) is 0. The van der Waals surface area contributed by atoms with Crippen molar-refractivity contribution in [3.63, 3.8) is 0 Å². The monoisotopic (exact) mass is 1080 g/mol. The number of esters is 3. The molecular formula is C72H118O6. The van der Waals surface area contributed by atoms with Crippen LogP contribution in [0.25, 0.3) is 0 Å². The van der Waals surface area contributed by atoms with E-state index in [2.05, 4.69) is 154 Å². The number of allylic oxidation sites excluding steroid dienone is 22. The maximum Gasteiger partial charge on any atom is 0.306 e. The van der Waals surface area contributed by atoms with Gasteiger partial charge in [-0.25, -0.2) is 0 Å². The zero-order chi connectivity index (χ0) is 56.4. The fourth-order valence-corrected chi connectivity index (χ4v) is 8.65. The lowest BCUT2D eigenvalue weighted by molar-refractivity contribution is -0.167. The second-order valence-corrected chi connectivity index (χ2v) is 20.9. The van der Waals surface area contributed by atoms with Crippen LogP contribution in [0.2, 0.25) is 0 Å². The average molecular weight is 1080 g/mol. The third-order valence-corrected chi connectivity index (χ3v) is 13.4. The number of carbonyl (C=O) groups is 3. The van der Waals surface area contributed by atoms with E-state index in [1.807, 2.05) is 0 Å².